The van der Waals surface area contributed by atoms with Crippen LogP contribution in [0.25, 0.3) is 22.4 Å². The molecule has 0 bridgehead atoms. The molecule has 5 nitrogen and oxygen atoms in total. The lowest BCUT2D eigenvalue weighted by atomic mass is 10.1. The van der Waals surface area contributed by atoms with Crippen molar-refractivity contribution in [3.63, 3.8) is 0 Å². The number of aryl methyl sites for hydroxylation is 3. The van der Waals surface area contributed by atoms with Gasteiger partial charge in [-0.05, 0) is 42.7 Å². The van der Waals surface area contributed by atoms with Gasteiger partial charge in [0.2, 0.25) is 0 Å². The zero-order chi connectivity index (χ0) is 18.8. The van der Waals surface area contributed by atoms with Crippen LogP contribution in [0.2, 0.25) is 0 Å². The molecule has 0 unspecified atom stereocenters. The molecular weight excluding hydrogens is 338 g/mol. The van der Waals surface area contributed by atoms with Gasteiger partial charge in [-0.2, -0.15) is 0 Å². The number of para-hydroxylation sites is 1. The molecule has 0 radical (unpaired) electrons. The average molecular weight is 357 g/mol. The van der Waals surface area contributed by atoms with Gasteiger partial charge in [0.25, 0.3) is 5.69 Å². The number of nitro benzene ring substituents is 1. The van der Waals surface area contributed by atoms with Gasteiger partial charge in [-0.25, -0.2) is 4.98 Å². The van der Waals surface area contributed by atoms with Gasteiger partial charge in [0.15, 0.2) is 0 Å². The van der Waals surface area contributed by atoms with Crippen molar-refractivity contribution in [2.24, 2.45) is 0 Å². The SMILES string of the molecule is Cc1cccc2c1nc(-c1ccc([N+](=O)[O-])cc1)n2CCc1ccccc1. The molecule has 1 aromatic heterocycles. The predicted octanol–water partition coefficient (Wildman–Crippen LogP) is 5.16. The van der Waals surface area contributed by atoms with E-state index in [0.29, 0.717) is 0 Å². The Morgan fingerprint density at radius 2 is 1.70 bits per heavy atom. The number of rotatable bonds is 5. The fourth-order valence-corrected chi connectivity index (χ4v) is 3.35. The van der Waals surface area contributed by atoms with Crippen molar-refractivity contribution in [1.82, 2.24) is 9.55 Å². The van der Waals surface area contributed by atoms with E-state index in [9.17, 15) is 10.1 Å². The molecule has 3 aromatic carbocycles. The van der Waals surface area contributed by atoms with Crippen LogP contribution in [0.3, 0.4) is 0 Å². The molecule has 1 heterocycles. The molecular formula is C22H19N3O2. The van der Waals surface area contributed by atoms with Crippen LogP contribution < -0.4 is 0 Å². The summed E-state index contributed by atoms with van der Waals surface area (Å²) in [5.41, 5.74) is 5.40. The molecule has 0 fully saturated rings. The van der Waals surface area contributed by atoms with E-state index in [2.05, 4.69) is 35.8 Å². The van der Waals surface area contributed by atoms with Crippen LogP contribution in [-0.4, -0.2) is 14.5 Å². The van der Waals surface area contributed by atoms with E-state index in [-0.39, 0.29) is 10.6 Å². The molecule has 0 aliphatic rings. The number of aromatic nitrogens is 2. The fraction of sp³-hybridized carbons (Fsp3) is 0.136. The van der Waals surface area contributed by atoms with Crippen molar-refractivity contribution < 1.29 is 4.92 Å². The molecule has 134 valence electrons. The van der Waals surface area contributed by atoms with Gasteiger partial charge in [-0.1, -0.05) is 42.5 Å². The number of hydrogen-bond acceptors (Lipinski definition) is 3. The molecule has 27 heavy (non-hydrogen) atoms. The first-order valence-corrected chi connectivity index (χ1v) is 8.88. The van der Waals surface area contributed by atoms with Gasteiger partial charge < -0.3 is 4.57 Å². The van der Waals surface area contributed by atoms with Crippen molar-refractivity contribution in [2.75, 3.05) is 0 Å². The summed E-state index contributed by atoms with van der Waals surface area (Å²) in [4.78, 5) is 15.4. The molecule has 0 aliphatic carbocycles. The Bertz CT molecular complexity index is 1100. The van der Waals surface area contributed by atoms with E-state index in [0.717, 1.165) is 41.0 Å². The first-order valence-electron chi connectivity index (χ1n) is 8.88. The first kappa shape index (κ1) is 17.0. The van der Waals surface area contributed by atoms with E-state index in [1.165, 1.54) is 17.7 Å². The number of non-ortho nitro benzene ring substituents is 1. The zero-order valence-corrected chi connectivity index (χ0v) is 15.0. The highest BCUT2D eigenvalue weighted by Crippen LogP contribution is 2.28. The molecule has 0 N–H and O–H groups in total. The van der Waals surface area contributed by atoms with Gasteiger partial charge in [-0.15, -0.1) is 0 Å². The summed E-state index contributed by atoms with van der Waals surface area (Å²) in [6.45, 7) is 2.84. The number of nitrogens with zero attached hydrogens (tertiary/aromatic N) is 3. The second-order valence-corrected chi connectivity index (χ2v) is 6.57. The van der Waals surface area contributed by atoms with Crippen LogP contribution in [-0.2, 0) is 13.0 Å². The number of fused-ring (bicyclic) bond motifs is 1. The van der Waals surface area contributed by atoms with Crippen LogP contribution >= 0.6 is 0 Å². The summed E-state index contributed by atoms with van der Waals surface area (Å²) in [7, 11) is 0. The highest BCUT2D eigenvalue weighted by atomic mass is 16.6. The van der Waals surface area contributed by atoms with Crippen LogP contribution in [0.1, 0.15) is 11.1 Å². The van der Waals surface area contributed by atoms with E-state index in [1.807, 2.05) is 24.3 Å². The maximum Gasteiger partial charge on any atom is 0.269 e. The highest BCUT2D eigenvalue weighted by Gasteiger charge is 2.15. The first-order chi connectivity index (χ1) is 13.1. The highest BCUT2D eigenvalue weighted by molar-refractivity contribution is 5.83. The molecule has 0 saturated heterocycles. The average Bonchev–Trinajstić information content (AvgIpc) is 3.07. The largest absolute Gasteiger partial charge is 0.324 e. The Labute approximate surface area is 157 Å². The predicted molar refractivity (Wildman–Crippen MR) is 107 cm³/mol. The number of nitro groups is 1. The third kappa shape index (κ3) is 3.31. The summed E-state index contributed by atoms with van der Waals surface area (Å²) < 4.78 is 2.20. The second kappa shape index (κ2) is 7.03. The Morgan fingerprint density at radius 3 is 2.41 bits per heavy atom. The topological polar surface area (TPSA) is 61.0 Å². The van der Waals surface area contributed by atoms with Crippen LogP contribution in [0.5, 0.6) is 0 Å². The summed E-state index contributed by atoms with van der Waals surface area (Å²) in [5, 5.41) is 10.9. The monoisotopic (exact) mass is 357 g/mol. The van der Waals surface area contributed by atoms with Gasteiger partial charge in [0.05, 0.1) is 16.0 Å². The number of imidazole rings is 1. The van der Waals surface area contributed by atoms with E-state index < -0.39 is 0 Å². The van der Waals surface area contributed by atoms with Crippen LogP contribution in [0.4, 0.5) is 5.69 Å². The standard InChI is InChI=1S/C22H19N3O2/c1-16-6-5-9-20-21(16)23-22(18-10-12-19(13-11-18)25(26)27)24(20)15-14-17-7-3-2-4-8-17/h2-13H,14-15H2,1H3. The van der Waals surface area contributed by atoms with E-state index in [1.54, 1.807) is 12.1 Å². The van der Waals surface area contributed by atoms with Crippen molar-refractivity contribution in [1.29, 1.82) is 0 Å². The normalized spacial score (nSPS) is 11.0. The molecule has 0 spiro atoms. The van der Waals surface area contributed by atoms with E-state index in [4.69, 9.17) is 4.98 Å². The quantitative estimate of drug-likeness (QED) is 0.366. The summed E-state index contributed by atoms with van der Waals surface area (Å²) in [6.07, 6.45) is 0.889. The van der Waals surface area contributed by atoms with Gasteiger partial charge in [0.1, 0.15) is 5.82 Å². The van der Waals surface area contributed by atoms with E-state index >= 15 is 0 Å². The molecule has 5 heteroatoms. The third-order valence-electron chi connectivity index (χ3n) is 4.78. The summed E-state index contributed by atoms with van der Waals surface area (Å²) >= 11 is 0. The molecule has 0 aliphatic heterocycles. The number of hydrogen-bond donors (Lipinski definition) is 0. The number of benzene rings is 3. The van der Waals surface area contributed by atoms with Crippen molar-refractivity contribution in [3.8, 4) is 11.4 Å². The fourth-order valence-electron chi connectivity index (χ4n) is 3.35. The maximum absolute atomic E-state index is 10.9. The van der Waals surface area contributed by atoms with Crippen molar-refractivity contribution in [3.05, 3.63) is 94.0 Å². The molecule has 0 saturated carbocycles. The summed E-state index contributed by atoms with van der Waals surface area (Å²) in [5.74, 6) is 0.838. The Hall–Kier alpha value is -3.47. The molecule has 4 rings (SSSR count). The Morgan fingerprint density at radius 1 is 0.963 bits per heavy atom. The van der Waals surface area contributed by atoms with Gasteiger partial charge in [0, 0.05) is 24.2 Å². The lowest BCUT2D eigenvalue weighted by Gasteiger charge is -2.10. The van der Waals surface area contributed by atoms with Gasteiger partial charge >= 0.3 is 0 Å². The van der Waals surface area contributed by atoms with Gasteiger partial charge in [-0.3, -0.25) is 10.1 Å². The molecule has 4 aromatic rings. The Kier molecular flexibility index (Phi) is 4.42. The minimum Gasteiger partial charge on any atom is -0.324 e. The third-order valence-corrected chi connectivity index (χ3v) is 4.78. The minimum atomic E-state index is -0.383. The second-order valence-electron chi connectivity index (χ2n) is 6.57. The van der Waals surface area contributed by atoms with Crippen LogP contribution in [0.15, 0.2) is 72.8 Å². The minimum absolute atomic E-state index is 0.0851. The van der Waals surface area contributed by atoms with Crippen LogP contribution in [0, 0.1) is 17.0 Å². The maximum atomic E-state index is 10.9. The van der Waals surface area contributed by atoms with Crippen molar-refractivity contribution in [2.45, 2.75) is 19.9 Å². The zero-order valence-electron chi connectivity index (χ0n) is 15.0. The lowest BCUT2D eigenvalue weighted by molar-refractivity contribution is -0.384. The molecule has 0 amide bonds. The van der Waals surface area contributed by atoms with Crippen molar-refractivity contribution >= 4 is 16.7 Å². The lowest BCUT2D eigenvalue weighted by Crippen LogP contribution is -2.03. The molecule has 0 atom stereocenters. The smallest absolute Gasteiger partial charge is 0.269 e. The Balaban J connectivity index is 1.79. The summed E-state index contributed by atoms with van der Waals surface area (Å²) in [6, 6.07) is 23.1.